The molecule has 6 heteroatoms. The van der Waals surface area contributed by atoms with E-state index in [0.29, 0.717) is 18.9 Å². The number of nitrogens with zero attached hydrogens (tertiary/aromatic N) is 2. The summed E-state index contributed by atoms with van der Waals surface area (Å²) in [7, 11) is 0. The van der Waals surface area contributed by atoms with Crippen molar-refractivity contribution in [3.8, 4) is 5.75 Å². The summed E-state index contributed by atoms with van der Waals surface area (Å²) in [5.74, 6) is 0.211. The first-order chi connectivity index (χ1) is 16.7. The molecule has 2 aliphatic rings. The Morgan fingerprint density at radius 1 is 0.971 bits per heavy atom. The van der Waals surface area contributed by atoms with Crippen molar-refractivity contribution in [1.82, 2.24) is 14.5 Å². The number of rotatable bonds is 4. The van der Waals surface area contributed by atoms with Crippen LogP contribution in [-0.4, -0.2) is 34.1 Å². The van der Waals surface area contributed by atoms with Crippen LogP contribution >= 0.6 is 0 Å². The molecule has 4 aromatic rings. The molecule has 3 heterocycles. The molecule has 1 fully saturated rings. The van der Waals surface area contributed by atoms with E-state index in [4.69, 9.17) is 4.74 Å². The Hall–Kier alpha value is -3.64. The number of aromatic amines is 1. The van der Waals surface area contributed by atoms with Gasteiger partial charge in [0.15, 0.2) is 0 Å². The highest BCUT2D eigenvalue weighted by Crippen LogP contribution is 2.38. The van der Waals surface area contributed by atoms with Gasteiger partial charge in [0.2, 0.25) is 0 Å². The lowest BCUT2D eigenvalue weighted by molar-refractivity contribution is 0.305. The van der Waals surface area contributed by atoms with Crippen LogP contribution in [0.1, 0.15) is 35.1 Å². The molecule has 34 heavy (non-hydrogen) atoms. The molecule has 5 nitrogen and oxygen atoms in total. The van der Waals surface area contributed by atoms with Crippen molar-refractivity contribution in [2.45, 2.75) is 26.0 Å². The van der Waals surface area contributed by atoms with Gasteiger partial charge in [-0.3, -0.25) is 4.57 Å². The number of halogens is 1. The van der Waals surface area contributed by atoms with Gasteiger partial charge in [0.1, 0.15) is 18.2 Å². The van der Waals surface area contributed by atoms with E-state index in [1.165, 1.54) is 25.0 Å². The zero-order valence-electron chi connectivity index (χ0n) is 18.9. The SMILES string of the molecule is O=c1[nH]c2cc(C=C3c4ccccc4COc4cc(F)ccc43)ccc2n1CCN1CCCC1. The highest BCUT2D eigenvalue weighted by molar-refractivity contribution is 5.95. The highest BCUT2D eigenvalue weighted by Gasteiger charge is 2.20. The van der Waals surface area contributed by atoms with Gasteiger partial charge < -0.3 is 14.6 Å². The molecule has 172 valence electrons. The minimum absolute atomic E-state index is 0.0759. The Bertz CT molecular complexity index is 1460. The number of nitrogens with one attached hydrogen (secondary N) is 1. The van der Waals surface area contributed by atoms with Crippen LogP contribution in [0.25, 0.3) is 22.7 Å². The Morgan fingerprint density at radius 3 is 2.71 bits per heavy atom. The Balaban J connectivity index is 1.41. The monoisotopic (exact) mass is 455 g/mol. The lowest BCUT2D eigenvalue weighted by Crippen LogP contribution is -2.28. The third kappa shape index (κ3) is 3.84. The molecule has 0 unspecified atom stereocenters. The third-order valence-corrected chi connectivity index (χ3v) is 6.87. The fourth-order valence-electron chi connectivity index (χ4n) is 5.11. The van der Waals surface area contributed by atoms with Crippen LogP contribution in [0.15, 0.2) is 65.5 Å². The normalized spacial score (nSPS) is 16.9. The number of benzene rings is 3. The van der Waals surface area contributed by atoms with Gasteiger partial charge >= 0.3 is 5.69 Å². The van der Waals surface area contributed by atoms with E-state index in [0.717, 1.165) is 58.5 Å². The molecule has 0 spiro atoms. The van der Waals surface area contributed by atoms with Gasteiger partial charge in [-0.25, -0.2) is 9.18 Å². The minimum atomic E-state index is -0.321. The summed E-state index contributed by atoms with van der Waals surface area (Å²) in [5.41, 5.74) is 6.55. The number of imidazole rings is 1. The van der Waals surface area contributed by atoms with Crippen molar-refractivity contribution < 1.29 is 9.13 Å². The molecule has 1 saturated heterocycles. The van der Waals surface area contributed by atoms with Gasteiger partial charge in [-0.1, -0.05) is 30.3 Å². The van der Waals surface area contributed by atoms with Crippen molar-refractivity contribution in [3.63, 3.8) is 0 Å². The van der Waals surface area contributed by atoms with Gasteiger partial charge in [-0.2, -0.15) is 0 Å². The summed E-state index contributed by atoms with van der Waals surface area (Å²) in [6.45, 7) is 4.19. The Morgan fingerprint density at radius 2 is 1.82 bits per heavy atom. The largest absolute Gasteiger partial charge is 0.488 e. The second-order valence-electron chi connectivity index (χ2n) is 9.05. The van der Waals surface area contributed by atoms with Crippen molar-refractivity contribution in [2.24, 2.45) is 0 Å². The molecule has 2 aliphatic heterocycles. The summed E-state index contributed by atoms with van der Waals surface area (Å²) in [4.78, 5) is 18.1. The number of likely N-dealkylation sites (tertiary alicyclic amines) is 1. The summed E-state index contributed by atoms with van der Waals surface area (Å²) >= 11 is 0. The van der Waals surface area contributed by atoms with Crippen molar-refractivity contribution in [1.29, 1.82) is 0 Å². The maximum atomic E-state index is 13.9. The van der Waals surface area contributed by atoms with Crippen LogP contribution in [0.2, 0.25) is 0 Å². The molecule has 0 radical (unpaired) electrons. The van der Waals surface area contributed by atoms with Crippen molar-refractivity contribution in [3.05, 3.63) is 99.2 Å². The molecule has 6 rings (SSSR count). The van der Waals surface area contributed by atoms with E-state index >= 15 is 0 Å². The molecular weight excluding hydrogens is 429 g/mol. The first-order valence-corrected chi connectivity index (χ1v) is 11.8. The second kappa shape index (κ2) is 8.61. The van der Waals surface area contributed by atoms with Crippen LogP contribution in [-0.2, 0) is 13.2 Å². The first kappa shape index (κ1) is 20.9. The predicted octanol–water partition coefficient (Wildman–Crippen LogP) is 5.05. The first-order valence-electron chi connectivity index (χ1n) is 11.8. The second-order valence-corrected chi connectivity index (χ2v) is 9.05. The van der Waals surface area contributed by atoms with Gasteiger partial charge in [-0.05, 0) is 78.5 Å². The van der Waals surface area contributed by atoms with E-state index in [2.05, 4.69) is 22.0 Å². The topological polar surface area (TPSA) is 50.3 Å². The number of ether oxygens (including phenoxy) is 1. The average Bonchev–Trinajstić information content (AvgIpc) is 3.43. The number of hydrogen-bond acceptors (Lipinski definition) is 3. The van der Waals surface area contributed by atoms with Crippen LogP contribution in [0, 0.1) is 5.82 Å². The number of hydrogen-bond donors (Lipinski definition) is 1. The number of aromatic nitrogens is 2. The number of fused-ring (bicyclic) bond motifs is 3. The maximum absolute atomic E-state index is 13.9. The molecule has 0 amide bonds. The molecular formula is C28H26FN3O2. The van der Waals surface area contributed by atoms with Crippen LogP contribution in [0.5, 0.6) is 5.75 Å². The van der Waals surface area contributed by atoms with E-state index in [9.17, 15) is 9.18 Å². The Kier molecular flexibility index (Phi) is 5.30. The quantitative estimate of drug-likeness (QED) is 0.469. The summed E-state index contributed by atoms with van der Waals surface area (Å²) < 4.78 is 21.7. The van der Waals surface area contributed by atoms with Gasteiger partial charge in [0.25, 0.3) is 0 Å². The molecule has 0 bridgehead atoms. The minimum Gasteiger partial charge on any atom is -0.488 e. The molecule has 0 saturated carbocycles. The zero-order chi connectivity index (χ0) is 23.1. The summed E-state index contributed by atoms with van der Waals surface area (Å²) in [6.07, 6.45) is 4.57. The fourth-order valence-corrected chi connectivity index (χ4v) is 5.11. The lowest BCUT2D eigenvalue weighted by Gasteiger charge is -2.14. The summed E-state index contributed by atoms with van der Waals surface area (Å²) in [6, 6.07) is 18.8. The molecule has 0 aliphatic carbocycles. The third-order valence-electron chi connectivity index (χ3n) is 6.87. The van der Waals surface area contributed by atoms with E-state index < -0.39 is 0 Å². The highest BCUT2D eigenvalue weighted by atomic mass is 19.1. The Labute approximate surface area is 197 Å². The molecule has 3 aromatic carbocycles. The lowest BCUT2D eigenvalue weighted by atomic mass is 9.92. The van der Waals surface area contributed by atoms with Crippen molar-refractivity contribution in [2.75, 3.05) is 19.6 Å². The molecule has 1 N–H and O–H groups in total. The fraction of sp³-hybridized carbons (Fsp3) is 0.250. The van der Waals surface area contributed by atoms with Gasteiger partial charge in [0, 0.05) is 24.7 Å². The molecule has 0 atom stereocenters. The van der Waals surface area contributed by atoms with Crippen LogP contribution < -0.4 is 10.4 Å². The number of H-pyrrole nitrogens is 1. The smallest absolute Gasteiger partial charge is 0.326 e. The molecule has 1 aromatic heterocycles. The standard InChI is InChI=1S/C28H26FN3O2/c29-21-8-9-23-24(22-6-2-1-5-20(22)18-34-27(23)17-21)15-19-7-10-26-25(16-19)30-28(33)32(26)14-13-31-11-3-4-12-31/h1-2,5-10,15-17H,3-4,11-14,18H2,(H,30,33). The van der Waals surface area contributed by atoms with Crippen molar-refractivity contribution >= 4 is 22.7 Å². The predicted molar refractivity (Wildman–Crippen MR) is 132 cm³/mol. The van der Waals surface area contributed by atoms with Crippen LogP contribution in [0.3, 0.4) is 0 Å². The van der Waals surface area contributed by atoms with Gasteiger partial charge in [0.05, 0.1) is 11.0 Å². The van der Waals surface area contributed by atoms with Gasteiger partial charge in [-0.15, -0.1) is 0 Å². The summed E-state index contributed by atoms with van der Waals surface area (Å²) in [5, 5.41) is 0. The van der Waals surface area contributed by atoms with E-state index in [1.807, 2.05) is 41.0 Å². The maximum Gasteiger partial charge on any atom is 0.326 e. The average molecular weight is 456 g/mol. The van der Waals surface area contributed by atoms with E-state index in [-0.39, 0.29) is 11.5 Å². The van der Waals surface area contributed by atoms with Crippen LogP contribution in [0.4, 0.5) is 4.39 Å². The zero-order valence-corrected chi connectivity index (χ0v) is 18.9. The van der Waals surface area contributed by atoms with E-state index in [1.54, 1.807) is 6.07 Å².